The fraction of sp³-hybridized carbons (Fsp3) is 1.00. The predicted molar refractivity (Wildman–Crippen MR) is 27.8 cm³/mol. The highest BCUT2D eigenvalue weighted by atomic mass is 14.7. The lowest BCUT2D eigenvalue weighted by Crippen LogP contribution is -2.14. The summed E-state index contributed by atoms with van der Waals surface area (Å²) in [5.41, 5.74) is 0. The molecule has 0 nitrogen and oxygen atoms in total. The Bertz CT molecular complexity index is 104. The van der Waals surface area contributed by atoms with Crippen molar-refractivity contribution in [2.24, 2.45) is 23.7 Å². The third-order valence-electron chi connectivity index (χ3n) is 3.39. The van der Waals surface area contributed by atoms with Gasteiger partial charge in [0.05, 0.1) is 0 Å². The standard InChI is InChI=1S/C7H10/c1-2-5-6-3-4(1)7(5)6/h4-7H,1-3H2/t4-,5?,6-,7-/m0/s1. The maximum Gasteiger partial charge on any atom is -0.0323 e. The van der Waals surface area contributed by atoms with Crippen molar-refractivity contribution in [1.82, 2.24) is 0 Å². The van der Waals surface area contributed by atoms with Crippen LogP contribution >= 0.6 is 0 Å². The summed E-state index contributed by atoms with van der Waals surface area (Å²) < 4.78 is 0. The van der Waals surface area contributed by atoms with Gasteiger partial charge in [-0.25, -0.2) is 0 Å². The zero-order valence-corrected chi connectivity index (χ0v) is 4.43. The second-order valence-electron chi connectivity index (χ2n) is 3.48. The molecule has 0 radical (unpaired) electrons. The van der Waals surface area contributed by atoms with E-state index in [1.165, 1.54) is 23.7 Å². The molecule has 0 N–H and O–H groups in total. The Morgan fingerprint density at radius 2 is 2.00 bits per heavy atom. The summed E-state index contributed by atoms with van der Waals surface area (Å²) in [5, 5.41) is 0. The van der Waals surface area contributed by atoms with E-state index in [0.717, 1.165) is 0 Å². The van der Waals surface area contributed by atoms with Crippen LogP contribution in [0.15, 0.2) is 0 Å². The van der Waals surface area contributed by atoms with Crippen LogP contribution in [0, 0.1) is 23.7 Å². The summed E-state index contributed by atoms with van der Waals surface area (Å²) in [5.74, 6) is 5.03. The van der Waals surface area contributed by atoms with Gasteiger partial charge in [0.2, 0.25) is 0 Å². The lowest BCUT2D eigenvalue weighted by Gasteiger charge is -2.23. The first-order valence-corrected chi connectivity index (χ1v) is 3.47. The van der Waals surface area contributed by atoms with Gasteiger partial charge in [-0.2, -0.15) is 0 Å². The van der Waals surface area contributed by atoms with Crippen LogP contribution < -0.4 is 0 Å². The lowest BCUT2D eigenvalue weighted by molar-refractivity contribution is 0.270. The van der Waals surface area contributed by atoms with Gasteiger partial charge in [-0.05, 0) is 42.9 Å². The summed E-state index contributed by atoms with van der Waals surface area (Å²) in [4.78, 5) is 0. The normalized spacial score (nSPS) is 72.0. The fourth-order valence-corrected chi connectivity index (χ4v) is 2.94. The number of hydrogen-bond donors (Lipinski definition) is 0. The molecular weight excluding hydrogens is 84.1 g/mol. The molecule has 0 aliphatic heterocycles. The first-order valence-electron chi connectivity index (χ1n) is 3.47. The van der Waals surface area contributed by atoms with Crippen LogP contribution in [0.1, 0.15) is 19.3 Å². The molecule has 3 fully saturated rings. The Kier molecular flexibility index (Phi) is 0.296. The van der Waals surface area contributed by atoms with E-state index in [-0.39, 0.29) is 0 Å². The molecule has 0 bridgehead atoms. The van der Waals surface area contributed by atoms with Crippen LogP contribution in [-0.2, 0) is 0 Å². The van der Waals surface area contributed by atoms with Crippen molar-refractivity contribution >= 4 is 0 Å². The van der Waals surface area contributed by atoms with Crippen LogP contribution in [0.4, 0.5) is 0 Å². The maximum atomic E-state index is 1.62. The van der Waals surface area contributed by atoms with Gasteiger partial charge < -0.3 is 0 Å². The summed E-state index contributed by atoms with van der Waals surface area (Å²) >= 11 is 0. The van der Waals surface area contributed by atoms with Crippen molar-refractivity contribution in [3.63, 3.8) is 0 Å². The Hall–Kier alpha value is 0. The Morgan fingerprint density at radius 1 is 1.00 bits per heavy atom. The van der Waals surface area contributed by atoms with Crippen LogP contribution in [0.25, 0.3) is 0 Å². The van der Waals surface area contributed by atoms with Crippen molar-refractivity contribution in [2.75, 3.05) is 0 Å². The first-order chi connectivity index (χ1) is 3.47. The van der Waals surface area contributed by atoms with E-state index in [4.69, 9.17) is 0 Å². The number of rotatable bonds is 0. The fourth-order valence-electron chi connectivity index (χ4n) is 2.94. The molecule has 38 valence electrons. The molecule has 0 heteroatoms. The van der Waals surface area contributed by atoms with Gasteiger partial charge in [0.1, 0.15) is 0 Å². The van der Waals surface area contributed by atoms with Crippen LogP contribution in [0.2, 0.25) is 0 Å². The van der Waals surface area contributed by atoms with E-state index in [0.29, 0.717) is 0 Å². The lowest BCUT2D eigenvalue weighted by atomic mass is 9.82. The Labute approximate surface area is 43.9 Å². The van der Waals surface area contributed by atoms with Gasteiger partial charge in [0, 0.05) is 0 Å². The van der Waals surface area contributed by atoms with E-state index in [1.807, 2.05) is 0 Å². The molecule has 0 saturated heterocycles. The molecule has 7 heavy (non-hydrogen) atoms. The summed E-state index contributed by atoms with van der Waals surface area (Å²) in [6, 6.07) is 0. The minimum Gasteiger partial charge on any atom is -0.0499 e. The van der Waals surface area contributed by atoms with Gasteiger partial charge in [0.15, 0.2) is 0 Å². The molecule has 3 rings (SSSR count). The van der Waals surface area contributed by atoms with Crippen molar-refractivity contribution in [3.8, 4) is 0 Å². The maximum absolute atomic E-state index is 1.62. The predicted octanol–water partition coefficient (Wildman–Crippen LogP) is 1.66. The molecule has 0 amide bonds. The number of fused-ring (bicyclic) bond motifs is 1. The Balaban J connectivity index is 2.07. The molecule has 3 aliphatic rings. The zero-order chi connectivity index (χ0) is 4.43. The molecule has 0 heterocycles. The molecule has 0 aromatic carbocycles. The third-order valence-corrected chi connectivity index (χ3v) is 3.39. The summed E-state index contributed by atoms with van der Waals surface area (Å²) in [7, 11) is 0. The molecule has 1 unspecified atom stereocenters. The largest absolute Gasteiger partial charge is 0.0499 e. The van der Waals surface area contributed by atoms with Crippen molar-refractivity contribution in [1.29, 1.82) is 0 Å². The Morgan fingerprint density at radius 3 is 2.14 bits per heavy atom. The van der Waals surface area contributed by atoms with Gasteiger partial charge >= 0.3 is 0 Å². The second-order valence-corrected chi connectivity index (χ2v) is 3.48. The molecule has 3 aliphatic carbocycles. The van der Waals surface area contributed by atoms with Gasteiger partial charge in [-0.3, -0.25) is 0 Å². The average Bonchev–Trinajstić information content (AvgIpc) is 2.02. The van der Waals surface area contributed by atoms with Crippen molar-refractivity contribution in [3.05, 3.63) is 0 Å². The minimum absolute atomic E-state index is 1.23. The summed E-state index contributed by atoms with van der Waals surface area (Å²) in [6.45, 7) is 0. The topological polar surface area (TPSA) is 0 Å². The molecule has 0 aromatic heterocycles. The van der Waals surface area contributed by atoms with Gasteiger partial charge in [0.25, 0.3) is 0 Å². The van der Waals surface area contributed by atoms with Crippen molar-refractivity contribution < 1.29 is 0 Å². The van der Waals surface area contributed by atoms with Crippen LogP contribution in [0.5, 0.6) is 0 Å². The third kappa shape index (κ3) is 0.181. The minimum atomic E-state index is 1.23. The van der Waals surface area contributed by atoms with E-state index >= 15 is 0 Å². The molecule has 0 spiro atoms. The van der Waals surface area contributed by atoms with E-state index in [1.54, 1.807) is 19.3 Å². The van der Waals surface area contributed by atoms with Crippen LogP contribution in [0.3, 0.4) is 0 Å². The highest BCUT2D eigenvalue weighted by Gasteiger charge is 2.65. The van der Waals surface area contributed by atoms with E-state index in [2.05, 4.69) is 0 Å². The second kappa shape index (κ2) is 0.667. The molecule has 0 aromatic rings. The SMILES string of the molecule is C1C[C@H]2C[C@H]3C1[C@H]23. The van der Waals surface area contributed by atoms with E-state index in [9.17, 15) is 0 Å². The smallest absolute Gasteiger partial charge is 0.0323 e. The highest BCUT2D eigenvalue weighted by molar-refractivity contribution is 5.14. The first kappa shape index (κ1) is 3.11. The monoisotopic (exact) mass is 94.1 g/mol. The average molecular weight is 94.2 g/mol. The molecular formula is C7H10. The van der Waals surface area contributed by atoms with Gasteiger partial charge in [-0.1, -0.05) is 0 Å². The van der Waals surface area contributed by atoms with E-state index < -0.39 is 0 Å². The zero-order valence-electron chi connectivity index (χ0n) is 4.43. The molecule has 4 atom stereocenters. The van der Waals surface area contributed by atoms with Crippen LogP contribution in [-0.4, -0.2) is 0 Å². The van der Waals surface area contributed by atoms with Crippen molar-refractivity contribution in [2.45, 2.75) is 19.3 Å². The summed E-state index contributed by atoms with van der Waals surface area (Å²) in [6.07, 6.45) is 4.81. The number of hydrogen-bond acceptors (Lipinski definition) is 0. The quantitative estimate of drug-likeness (QED) is 0.428. The van der Waals surface area contributed by atoms with Gasteiger partial charge in [-0.15, -0.1) is 0 Å². The highest BCUT2D eigenvalue weighted by Crippen LogP contribution is 2.72. The molecule has 3 saturated carbocycles.